The lowest BCUT2D eigenvalue weighted by Crippen LogP contribution is -2.48. The molecule has 1 aromatic carbocycles. The Bertz CT molecular complexity index is 953. The lowest BCUT2D eigenvalue weighted by molar-refractivity contribution is -0.129. The van der Waals surface area contributed by atoms with E-state index in [-0.39, 0.29) is 23.4 Å². The van der Waals surface area contributed by atoms with E-state index in [0.717, 1.165) is 25.5 Å². The van der Waals surface area contributed by atoms with E-state index in [1.54, 1.807) is 37.0 Å². The van der Waals surface area contributed by atoms with E-state index < -0.39 is 20.0 Å². The van der Waals surface area contributed by atoms with Crippen molar-refractivity contribution in [1.82, 2.24) is 13.9 Å². The number of piperidine rings is 1. The molecule has 168 valence electrons. The van der Waals surface area contributed by atoms with E-state index in [4.69, 9.17) is 0 Å². The van der Waals surface area contributed by atoms with Crippen LogP contribution in [0.2, 0.25) is 0 Å². The quantitative estimate of drug-likeness (QED) is 0.568. The molecule has 30 heavy (non-hydrogen) atoms. The maximum Gasteiger partial charge on any atom is 0.246 e. The summed E-state index contributed by atoms with van der Waals surface area (Å²) < 4.78 is 51.7. The van der Waals surface area contributed by atoms with Gasteiger partial charge in [-0.2, -0.15) is 4.31 Å². The predicted molar refractivity (Wildman–Crippen MR) is 118 cm³/mol. The van der Waals surface area contributed by atoms with Crippen molar-refractivity contribution in [3.05, 3.63) is 35.9 Å². The third kappa shape index (κ3) is 6.63. The van der Waals surface area contributed by atoms with Crippen LogP contribution in [0.3, 0.4) is 0 Å². The topological polar surface area (TPSA) is 104 Å². The molecule has 0 bridgehead atoms. The number of likely N-dealkylation sites (tertiary alicyclic amines) is 1. The summed E-state index contributed by atoms with van der Waals surface area (Å²) in [5, 5.41) is 0. The third-order valence-electron chi connectivity index (χ3n) is 5.13. The molecular weight excluding hydrogens is 426 g/mol. The monoisotopic (exact) mass is 457 g/mol. The summed E-state index contributed by atoms with van der Waals surface area (Å²) in [6, 6.07) is 6.24. The summed E-state index contributed by atoms with van der Waals surface area (Å²) in [6.07, 6.45) is 6.78. The Balaban J connectivity index is 2.08. The summed E-state index contributed by atoms with van der Waals surface area (Å²) >= 11 is 0. The van der Waals surface area contributed by atoms with E-state index in [9.17, 15) is 21.6 Å². The number of rotatable bonds is 9. The van der Waals surface area contributed by atoms with Crippen LogP contribution in [0.1, 0.15) is 38.7 Å². The Morgan fingerprint density at radius 1 is 1.13 bits per heavy atom. The van der Waals surface area contributed by atoms with Crippen LogP contribution in [-0.2, 0) is 24.8 Å². The molecule has 0 aliphatic carbocycles. The van der Waals surface area contributed by atoms with Crippen LogP contribution < -0.4 is 4.72 Å². The highest BCUT2D eigenvalue weighted by Crippen LogP contribution is 2.19. The van der Waals surface area contributed by atoms with Crippen molar-refractivity contribution >= 4 is 32.0 Å². The number of hydrogen-bond donors (Lipinski definition) is 1. The molecule has 1 fully saturated rings. The highest BCUT2D eigenvalue weighted by atomic mass is 32.2. The summed E-state index contributed by atoms with van der Waals surface area (Å²) in [5.41, 5.74) is 0.713. The van der Waals surface area contributed by atoms with Gasteiger partial charge in [0.1, 0.15) is 0 Å². The first-order chi connectivity index (χ1) is 14.1. The van der Waals surface area contributed by atoms with Crippen molar-refractivity contribution in [1.29, 1.82) is 0 Å². The zero-order chi connectivity index (χ0) is 22.4. The smallest absolute Gasteiger partial charge is 0.246 e. The van der Waals surface area contributed by atoms with Crippen LogP contribution in [0.25, 0.3) is 6.08 Å². The van der Waals surface area contributed by atoms with E-state index >= 15 is 0 Å². The largest absolute Gasteiger partial charge is 0.335 e. The number of nitrogens with zero attached hydrogens (tertiary/aromatic N) is 2. The van der Waals surface area contributed by atoms with E-state index in [1.165, 1.54) is 22.5 Å². The van der Waals surface area contributed by atoms with E-state index in [2.05, 4.69) is 4.72 Å². The molecule has 0 radical (unpaired) electrons. The van der Waals surface area contributed by atoms with Gasteiger partial charge in [0.05, 0.1) is 11.2 Å². The first kappa shape index (κ1) is 24.5. The molecular formula is C20H31N3O5S2. The molecule has 0 unspecified atom stereocenters. The van der Waals surface area contributed by atoms with Crippen LogP contribution in [-0.4, -0.2) is 70.4 Å². The SMILES string of the molecule is CCN(CC)S(=O)(=O)c1ccc(/C=C\C(=O)N2CCCC[C@H]2CNS(C)(=O)=O)cc1. The van der Waals surface area contributed by atoms with Gasteiger partial charge in [0.25, 0.3) is 0 Å². The molecule has 0 aromatic heterocycles. The molecule has 1 heterocycles. The van der Waals surface area contributed by atoms with Crippen LogP contribution in [0.5, 0.6) is 0 Å². The molecule has 1 N–H and O–H groups in total. The number of sulfonamides is 2. The highest BCUT2D eigenvalue weighted by Gasteiger charge is 2.26. The van der Waals surface area contributed by atoms with Gasteiger partial charge in [0.15, 0.2) is 0 Å². The summed E-state index contributed by atoms with van der Waals surface area (Å²) in [7, 11) is -6.83. The predicted octanol–water partition coefficient (Wildman–Crippen LogP) is 1.66. The van der Waals surface area contributed by atoms with Gasteiger partial charge in [-0.05, 0) is 43.0 Å². The van der Waals surface area contributed by atoms with Gasteiger partial charge in [-0.25, -0.2) is 21.6 Å². The normalized spacial score (nSPS) is 18.3. The van der Waals surface area contributed by atoms with Crippen molar-refractivity contribution in [3.8, 4) is 0 Å². The molecule has 0 spiro atoms. The lowest BCUT2D eigenvalue weighted by Gasteiger charge is -2.35. The Morgan fingerprint density at radius 2 is 1.77 bits per heavy atom. The number of nitrogens with one attached hydrogen (secondary N) is 1. The maximum atomic E-state index is 12.7. The number of benzene rings is 1. The summed E-state index contributed by atoms with van der Waals surface area (Å²) in [4.78, 5) is 14.6. The van der Waals surface area contributed by atoms with Crippen molar-refractivity contribution in [3.63, 3.8) is 0 Å². The van der Waals surface area contributed by atoms with Gasteiger partial charge in [-0.15, -0.1) is 0 Å². The van der Waals surface area contributed by atoms with E-state index in [1.807, 2.05) is 0 Å². The number of amides is 1. The molecule has 1 aliphatic rings. The minimum atomic E-state index is -3.51. The number of carbonyl (C=O) groups excluding carboxylic acids is 1. The molecule has 1 amide bonds. The van der Waals surface area contributed by atoms with Gasteiger partial charge in [-0.3, -0.25) is 4.79 Å². The number of carbonyl (C=O) groups is 1. The van der Waals surface area contributed by atoms with Crippen LogP contribution >= 0.6 is 0 Å². The fourth-order valence-electron chi connectivity index (χ4n) is 3.48. The lowest BCUT2D eigenvalue weighted by atomic mass is 10.0. The van der Waals surface area contributed by atoms with Crippen LogP contribution in [0, 0.1) is 0 Å². The van der Waals surface area contributed by atoms with Gasteiger partial charge < -0.3 is 4.90 Å². The third-order valence-corrected chi connectivity index (χ3v) is 7.89. The minimum Gasteiger partial charge on any atom is -0.335 e. The first-order valence-electron chi connectivity index (χ1n) is 10.1. The second-order valence-corrected chi connectivity index (χ2v) is 11.1. The molecule has 1 aromatic rings. The Kier molecular flexibility index (Phi) is 8.60. The molecule has 2 rings (SSSR count). The van der Waals surface area contributed by atoms with Gasteiger partial charge in [0.2, 0.25) is 26.0 Å². The van der Waals surface area contributed by atoms with Crippen LogP contribution in [0.4, 0.5) is 0 Å². The van der Waals surface area contributed by atoms with Gasteiger partial charge >= 0.3 is 0 Å². The fraction of sp³-hybridized carbons (Fsp3) is 0.550. The molecule has 10 heteroatoms. The standard InChI is InChI=1S/C20H31N3O5S2/c1-4-22(5-2)30(27,28)19-12-9-17(10-13-19)11-14-20(24)23-15-7-6-8-18(23)16-21-29(3,25)26/h9-14,18,21H,4-8,15-16H2,1-3H3/b14-11-/t18-/m0/s1. The molecule has 1 atom stereocenters. The average molecular weight is 458 g/mol. The summed E-state index contributed by atoms with van der Waals surface area (Å²) in [5.74, 6) is -0.185. The van der Waals surface area contributed by atoms with Crippen molar-refractivity contribution in [2.75, 3.05) is 32.4 Å². The Morgan fingerprint density at radius 3 is 2.33 bits per heavy atom. The molecule has 1 saturated heterocycles. The van der Waals surface area contributed by atoms with Crippen LogP contribution in [0.15, 0.2) is 35.2 Å². The van der Waals surface area contributed by atoms with Gasteiger partial charge in [0, 0.05) is 38.3 Å². The van der Waals surface area contributed by atoms with Gasteiger partial charge in [-0.1, -0.05) is 26.0 Å². The summed E-state index contributed by atoms with van der Waals surface area (Å²) in [6.45, 7) is 5.18. The first-order valence-corrected chi connectivity index (χ1v) is 13.4. The maximum absolute atomic E-state index is 12.7. The van der Waals surface area contributed by atoms with Crippen molar-refractivity contribution < 1.29 is 21.6 Å². The number of hydrogen-bond acceptors (Lipinski definition) is 5. The zero-order valence-electron chi connectivity index (χ0n) is 17.7. The minimum absolute atomic E-state index is 0.174. The van der Waals surface area contributed by atoms with Crippen molar-refractivity contribution in [2.45, 2.75) is 44.0 Å². The second kappa shape index (κ2) is 10.5. The van der Waals surface area contributed by atoms with E-state index in [0.29, 0.717) is 25.2 Å². The molecule has 1 aliphatic heterocycles. The van der Waals surface area contributed by atoms with Crippen molar-refractivity contribution in [2.24, 2.45) is 0 Å². The molecule has 8 nitrogen and oxygen atoms in total. The Labute approximate surface area is 180 Å². The average Bonchev–Trinajstić information content (AvgIpc) is 2.71. The molecule has 0 saturated carbocycles. The highest BCUT2D eigenvalue weighted by molar-refractivity contribution is 7.89. The fourth-order valence-corrected chi connectivity index (χ4v) is 5.43. The zero-order valence-corrected chi connectivity index (χ0v) is 19.4. The second-order valence-electron chi connectivity index (χ2n) is 7.29. The Hall–Kier alpha value is -1.75.